The monoisotopic (exact) mass is 470 g/mol. The molecule has 6 heteroatoms. The molecule has 0 aliphatic carbocycles. The van der Waals surface area contributed by atoms with Gasteiger partial charge in [-0.1, -0.05) is 48.5 Å². The van der Waals surface area contributed by atoms with Crippen molar-refractivity contribution < 1.29 is 13.2 Å². The second-order valence-corrected chi connectivity index (χ2v) is 9.45. The minimum atomic E-state index is -3.75. The molecule has 0 aromatic heterocycles. The topological polar surface area (TPSA) is 59.0 Å². The number of benzene rings is 4. The van der Waals surface area contributed by atoms with Crippen LogP contribution in [0.25, 0.3) is 0 Å². The Balaban J connectivity index is 1.59. The zero-order valence-corrected chi connectivity index (χ0v) is 19.7. The Morgan fingerprint density at radius 2 is 1.41 bits per heavy atom. The van der Waals surface area contributed by atoms with Gasteiger partial charge in [-0.05, 0) is 78.7 Å². The van der Waals surface area contributed by atoms with Crippen LogP contribution in [0.15, 0.2) is 119 Å². The van der Waals surface area contributed by atoms with Crippen molar-refractivity contribution >= 4 is 27.6 Å². The van der Waals surface area contributed by atoms with Gasteiger partial charge in [0.1, 0.15) is 5.75 Å². The van der Waals surface area contributed by atoms with E-state index in [-0.39, 0.29) is 11.4 Å². The highest BCUT2D eigenvalue weighted by molar-refractivity contribution is 7.92. The first-order chi connectivity index (χ1) is 16.6. The summed E-state index contributed by atoms with van der Waals surface area (Å²) in [5.41, 5.74) is 3.16. The van der Waals surface area contributed by atoms with Gasteiger partial charge in [-0.15, -0.1) is 0 Å². The third-order valence-electron chi connectivity index (χ3n) is 5.19. The summed E-state index contributed by atoms with van der Waals surface area (Å²) in [5.74, 6) is 0.821. The Hall–Kier alpha value is -3.90. The van der Waals surface area contributed by atoms with Crippen molar-refractivity contribution in [2.45, 2.75) is 18.4 Å². The summed E-state index contributed by atoms with van der Waals surface area (Å²) in [6.07, 6.45) is 1.77. The third kappa shape index (κ3) is 5.71. The van der Waals surface area contributed by atoms with Gasteiger partial charge in [-0.25, -0.2) is 8.42 Å². The van der Waals surface area contributed by atoms with Gasteiger partial charge in [-0.2, -0.15) is 0 Å². The third-order valence-corrected chi connectivity index (χ3v) is 6.98. The second kappa shape index (κ2) is 10.8. The van der Waals surface area contributed by atoms with E-state index in [1.54, 1.807) is 48.7 Å². The molecule has 5 nitrogen and oxygen atoms in total. The number of hydrogen-bond donors (Lipinski definition) is 0. The maximum Gasteiger partial charge on any atom is 0.264 e. The molecule has 34 heavy (non-hydrogen) atoms. The van der Waals surface area contributed by atoms with Gasteiger partial charge in [-0.3, -0.25) is 9.30 Å². The molecule has 0 radical (unpaired) electrons. The van der Waals surface area contributed by atoms with Crippen LogP contribution in [-0.2, 0) is 16.6 Å². The normalized spacial score (nSPS) is 11.4. The van der Waals surface area contributed by atoms with Crippen molar-refractivity contribution in [3.8, 4) is 5.75 Å². The van der Waals surface area contributed by atoms with Crippen LogP contribution < -0.4 is 9.04 Å². The van der Waals surface area contributed by atoms with Crippen LogP contribution in [-0.4, -0.2) is 21.2 Å². The summed E-state index contributed by atoms with van der Waals surface area (Å²) in [7, 11) is -3.75. The van der Waals surface area contributed by atoms with Crippen LogP contribution in [0.5, 0.6) is 5.75 Å². The second-order valence-electron chi connectivity index (χ2n) is 7.59. The summed E-state index contributed by atoms with van der Waals surface area (Å²) in [4.78, 5) is 4.78. The van der Waals surface area contributed by atoms with Crippen molar-refractivity contribution in [1.82, 2.24) is 0 Å². The van der Waals surface area contributed by atoms with Crippen molar-refractivity contribution in [2.75, 3.05) is 10.9 Å². The molecule has 0 amide bonds. The molecule has 0 N–H and O–H groups in total. The predicted molar refractivity (Wildman–Crippen MR) is 138 cm³/mol. The van der Waals surface area contributed by atoms with E-state index in [9.17, 15) is 8.42 Å². The van der Waals surface area contributed by atoms with Gasteiger partial charge >= 0.3 is 0 Å². The van der Waals surface area contributed by atoms with Crippen LogP contribution in [0.1, 0.15) is 18.1 Å². The quantitative estimate of drug-likeness (QED) is 0.272. The Morgan fingerprint density at radius 3 is 2.03 bits per heavy atom. The molecular weight excluding hydrogens is 444 g/mol. The van der Waals surface area contributed by atoms with E-state index in [1.165, 1.54) is 4.31 Å². The summed E-state index contributed by atoms with van der Waals surface area (Å²) in [5, 5.41) is 0. The average Bonchev–Trinajstić information content (AvgIpc) is 2.88. The van der Waals surface area contributed by atoms with E-state index >= 15 is 0 Å². The standard InChI is InChI=1S/C28H26N2O3S/c1-2-33-27-19-13-23(14-20-27)21-29-25-15-17-26(18-16-25)30(22-24-9-5-3-6-10-24)34(31,32)28-11-7-4-8-12-28/h3-21H,2,22H2,1H3. The minimum Gasteiger partial charge on any atom is -0.494 e. The molecule has 0 unspecified atom stereocenters. The van der Waals surface area contributed by atoms with E-state index < -0.39 is 10.0 Å². The van der Waals surface area contributed by atoms with E-state index in [0.29, 0.717) is 12.3 Å². The van der Waals surface area contributed by atoms with Crippen LogP contribution in [0.2, 0.25) is 0 Å². The van der Waals surface area contributed by atoms with Gasteiger partial charge in [0.25, 0.3) is 10.0 Å². The Morgan fingerprint density at radius 1 is 0.794 bits per heavy atom. The first-order valence-electron chi connectivity index (χ1n) is 11.0. The molecule has 0 fully saturated rings. The summed E-state index contributed by atoms with van der Waals surface area (Å²) in [6, 6.07) is 33.0. The number of nitrogens with zero attached hydrogens (tertiary/aromatic N) is 2. The van der Waals surface area contributed by atoms with Gasteiger partial charge < -0.3 is 4.74 Å². The van der Waals surface area contributed by atoms with Crippen molar-refractivity contribution in [1.29, 1.82) is 0 Å². The van der Waals surface area contributed by atoms with E-state index in [1.807, 2.05) is 73.7 Å². The first-order valence-corrected chi connectivity index (χ1v) is 12.5. The van der Waals surface area contributed by atoms with Crippen LogP contribution in [0.4, 0.5) is 11.4 Å². The van der Waals surface area contributed by atoms with Crippen molar-refractivity contribution in [3.05, 3.63) is 120 Å². The first kappa shape index (κ1) is 23.3. The highest BCUT2D eigenvalue weighted by Gasteiger charge is 2.25. The predicted octanol–water partition coefficient (Wildman–Crippen LogP) is 6.23. The fourth-order valence-corrected chi connectivity index (χ4v) is 4.93. The SMILES string of the molecule is CCOc1ccc(C=Nc2ccc(N(Cc3ccccc3)S(=O)(=O)c3ccccc3)cc2)cc1. The Bertz CT molecular complexity index is 1320. The van der Waals surface area contributed by atoms with Crippen LogP contribution in [0, 0.1) is 0 Å². The lowest BCUT2D eigenvalue weighted by Gasteiger charge is -2.25. The lowest BCUT2D eigenvalue weighted by Crippen LogP contribution is -2.30. The van der Waals surface area contributed by atoms with E-state index in [0.717, 1.165) is 22.6 Å². The van der Waals surface area contributed by atoms with Gasteiger partial charge in [0, 0.05) is 6.21 Å². The van der Waals surface area contributed by atoms with Crippen LogP contribution in [0.3, 0.4) is 0 Å². The lowest BCUT2D eigenvalue weighted by atomic mass is 10.2. The van der Waals surface area contributed by atoms with Gasteiger partial charge in [0.2, 0.25) is 0 Å². The lowest BCUT2D eigenvalue weighted by molar-refractivity contribution is 0.340. The molecule has 0 saturated carbocycles. The molecule has 0 heterocycles. The van der Waals surface area contributed by atoms with Gasteiger partial charge in [0.15, 0.2) is 0 Å². The van der Waals surface area contributed by atoms with E-state index in [2.05, 4.69) is 4.99 Å². The number of sulfonamides is 1. The number of ether oxygens (including phenoxy) is 1. The molecule has 0 spiro atoms. The summed E-state index contributed by atoms with van der Waals surface area (Å²) >= 11 is 0. The van der Waals surface area contributed by atoms with Crippen molar-refractivity contribution in [2.24, 2.45) is 4.99 Å². The summed E-state index contributed by atoms with van der Waals surface area (Å²) in [6.45, 7) is 2.80. The van der Waals surface area contributed by atoms with Crippen LogP contribution >= 0.6 is 0 Å². The molecular formula is C28H26N2O3S. The maximum absolute atomic E-state index is 13.5. The zero-order chi connectivity index (χ0) is 23.8. The highest BCUT2D eigenvalue weighted by Crippen LogP contribution is 2.28. The Labute approximate surface area is 201 Å². The van der Waals surface area contributed by atoms with E-state index in [4.69, 9.17) is 4.74 Å². The molecule has 4 rings (SSSR count). The Kier molecular flexibility index (Phi) is 7.40. The molecule has 0 atom stereocenters. The fraction of sp³-hybridized carbons (Fsp3) is 0.107. The molecule has 172 valence electrons. The average molecular weight is 471 g/mol. The molecule has 0 saturated heterocycles. The smallest absolute Gasteiger partial charge is 0.264 e. The maximum atomic E-state index is 13.5. The number of aliphatic imine (C=N–C) groups is 1. The van der Waals surface area contributed by atoms with Crippen molar-refractivity contribution in [3.63, 3.8) is 0 Å². The minimum absolute atomic E-state index is 0.229. The fourth-order valence-electron chi connectivity index (χ4n) is 3.45. The summed E-state index contributed by atoms with van der Waals surface area (Å²) < 4.78 is 33.9. The largest absolute Gasteiger partial charge is 0.494 e. The highest BCUT2D eigenvalue weighted by atomic mass is 32.2. The molecule has 4 aromatic carbocycles. The number of rotatable bonds is 9. The number of hydrogen-bond acceptors (Lipinski definition) is 4. The number of anilines is 1. The molecule has 0 aliphatic heterocycles. The molecule has 0 bridgehead atoms. The van der Waals surface area contributed by atoms with Gasteiger partial charge in [0.05, 0.1) is 29.4 Å². The molecule has 4 aromatic rings. The zero-order valence-electron chi connectivity index (χ0n) is 18.9. The molecule has 0 aliphatic rings.